The van der Waals surface area contributed by atoms with E-state index in [1.165, 1.54) is 39.6 Å². The summed E-state index contributed by atoms with van der Waals surface area (Å²) in [6.45, 7) is 2.16. The summed E-state index contributed by atoms with van der Waals surface area (Å²) >= 11 is 0. The van der Waals surface area contributed by atoms with Gasteiger partial charge in [-0.2, -0.15) is 0 Å². The molecular formula is C21H27NO5. The van der Waals surface area contributed by atoms with E-state index < -0.39 is 0 Å². The first-order valence-corrected chi connectivity index (χ1v) is 9.36. The van der Waals surface area contributed by atoms with E-state index in [1.54, 1.807) is 12.1 Å². The van der Waals surface area contributed by atoms with E-state index in [4.69, 9.17) is 9.47 Å². The summed E-state index contributed by atoms with van der Waals surface area (Å²) in [5, 5.41) is 12.7. The monoisotopic (exact) mass is 373 g/mol. The van der Waals surface area contributed by atoms with Gasteiger partial charge in [0, 0.05) is 0 Å². The van der Waals surface area contributed by atoms with Gasteiger partial charge >= 0.3 is 0 Å². The molecule has 2 rings (SSSR count). The first kappa shape index (κ1) is 20.7. The predicted octanol–water partition coefficient (Wildman–Crippen LogP) is 4.59. The van der Waals surface area contributed by atoms with Crippen LogP contribution in [0.5, 0.6) is 11.5 Å². The number of ether oxygens (including phenoxy) is 2. The van der Waals surface area contributed by atoms with E-state index in [1.807, 2.05) is 0 Å². The first-order valence-electron chi connectivity index (χ1n) is 9.36. The van der Waals surface area contributed by atoms with Crippen LogP contribution in [0, 0.1) is 0 Å². The van der Waals surface area contributed by atoms with Crippen molar-refractivity contribution >= 4 is 17.3 Å². The molecule has 1 N–H and O–H groups in total. The van der Waals surface area contributed by atoms with Gasteiger partial charge in [0.1, 0.15) is 11.5 Å². The topological polar surface area (TPSA) is 85.2 Å². The summed E-state index contributed by atoms with van der Waals surface area (Å²) in [4.78, 5) is 25.7. The van der Waals surface area contributed by atoms with E-state index in [0.717, 1.165) is 19.3 Å². The Bertz CT molecular complexity index is 764. The number of benzene rings is 1. The normalized spacial score (nSPS) is 14.0. The lowest BCUT2D eigenvalue weighted by Crippen LogP contribution is -2.23. The van der Waals surface area contributed by atoms with Crippen LogP contribution in [-0.4, -0.2) is 36.7 Å². The summed E-state index contributed by atoms with van der Waals surface area (Å²) in [5.41, 5.74) is 0.695. The Morgan fingerprint density at radius 3 is 2.15 bits per heavy atom. The molecule has 0 heterocycles. The maximum atomic E-state index is 13.0. The molecule has 0 atom stereocenters. The Kier molecular flexibility index (Phi) is 7.58. The molecule has 0 unspecified atom stereocenters. The van der Waals surface area contributed by atoms with E-state index >= 15 is 0 Å². The largest absolute Gasteiger partial charge is 0.496 e. The Hall–Kier alpha value is -2.63. The maximum absolute atomic E-state index is 13.0. The predicted molar refractivity (Wildman–Crippen MR) is 104 cm³/mol. The molecule has 146 valence electrons. The number of hydrogen-bond acceptors (Lipinski definition) is 6. The average Bonchev–Trinajstić information content (AvgIpc) is 2.69. The summed E-state index contributed by atoms with van der Waals surface area (Å²) in [7, 11) is 2.88. The molecule has 1 aromatic carbocycles. The molecule has 0 saturated heterocycles. The highest BCUT2D eigenvalue weighted by Gasteiger charge is 2.33. The van der Waals surface area contributed by atoms with Crippen LogP contribution in [0.4, 0.5) is 0 Å². The minimum atomic E-state index is -0.390. The van der Waals surface area contributed by atoms with Gasteiger partial charge in [0.15, 0.2) is 11.6 Å². The van der Waals surface area contributed by atoms with Gasteiger partial charge in [0.05, 0.1) is 36.6 Å². The number of ketones is 2. The number of nitrogens with zero attached hydrogens (tertiary/aromatic N) is 1. The van der Waals surface area contributed by atoms with Crippen LogP contribution in [0.15, 0.2) is 28.9 Å². The molecule has 1 aliphatic carbocycles. The van der Waals surface area contributed by atoms with Gasteiger partial charge in [-0.15, -0.1) is 0 Å². The molecule has 0 radical (unpaired) electrons. The number of allylic oxidation sites excluding steroid dienone is 2. The summed E-state index contributed by atoms with van der Waals surface area (Å²) in [6.07, 6.45) is 8.12. The van der Waals surface area contributed by atoms with Crippen LogP contribution < -0.4 is 9.47 Å². The van der Waals surface area contributed by atoms with Gasteiger partial charge in [0.2, 0.25) is 0 Å². The van der Waals surface area contributed by atoms with Crippen LogP contribution in [-0.2, 0) is 0 Å². The number of carbonyl (C=O) groups excluding carboxylic acids is 2. The zero-order chi connectivity index (χ0) is 19.8. The Balaban J connectivity index is 2.23. The van der Waals surface area contributed by atoms with Gasteiger partial charge < -0.3 is 14.7 Å². The zero-order valence-electron chi connectivity index (χ0n) is 16.2. The Morgan fingerprint density at radius 1 is 0.963 bits per heavy atom. The van der Waals surface area contributed by atoms with Crippen LogP contribution in [0.25, 0.3) is 0 Å². The van der Waals surface area contributed by atoms with Crippen molar-refractivity contribution in [3.05, 3.63) is 34.9 Å². The number of methoxy groups -OCH3 is 2. The van der Waals surface area contributed by atoms with Crippen molar-refractivity contribution in [1.29, 1.82) is 0 Å². The highest BCUT2D eigenvalue weighted by molar-refractivity contribution is 6.37. The van der Waals surface area contributed by atoms with E-state index in [0.29, 0.717) is 17.9 Å². The number of oxime groups is 1. The fraction of sp³-hybridized carbons (Fsp3) is 0.476. The summed E-state index contributed by atoms with van der Waals surface area (Å²) in [6, 6.07) is 3.19. The van der Waals surface area contributed by atoms with Gasteiger partial charge in [-0.05, 0) is 31.1 Å². The highest BCUT2D eigenvalue weighted by atomic mass is 16.5. The van der Waals surface area contributed by atoms with Crippen molar-refractivity contribution in [2.24, 2.45) is 5.16 Å². The van der Waals surface area contributed by atoms with Crippen molar-refractivity contribution in [3.63, 3.8) is 0 Å². The van der Waals surface area contributed by atoms with Crippen LogP contribution in [0.1, 0.15) is 72.6 Å². The summed E-state index contributed by atoms with van der Waals surface area (Å²) < 4.78 is 10.5. The number of fused-ring (bicyclic) bond motifs is 1. The Labute approximate surface area is 159 Å². The van der Waals surface area contributed by atoms with Gasteiger partial charge in [0.25, 0.3) is 0 Å². The van der Waals surface area contributed by atoms with Crippen molar-refractivity contribution in [2.45, 2.75) is 51.9 Å². The molecule has 0 aromatic heterocycles. The molecule has 27 heavy (non-hydrogen) atoms. The molecule has 0 amide bonds. The second kappa shape index (κ2) is 9.90. The molecule has 0 bridgehead atoms. The van der Waals surface area contributed by atoms with Crippen LogP contribution in [0.2, 0.25) is 0 Å². The minimum absolute atomic E-state index is 0.120. The van der Waals surface area contributed by atoms with E-state index in [-0.39, 0.29) is 34.0 Å². The van der Waals surface area contributed by atoms with Crippen molar-refractivity contribution in [1.82, 2.24) is 0 Å². The third kappa shape index (κ3) is 4.56. The van der Waals surface area contributed by atoms with Gasteiger partial charge in [-0.3, -0.25) is 9.59 Å². The molecule has 6 heteroatoms. The SMILES string of the molecule is CCCCCCCC/C(=N/O)C1=CC(=O)c2c(OC)ccc(OC)c2C1=O. The fourth-order valence-electron chi connectivity index (χ4n) is 3.30. The molecule has 1 aliphatic rings. The third-order valence-electron chi connectivity index (χ3n) is 4.76. The molecule has 1 aromatic rings. The first-order chi connectivity index (χ1) is 13.1. The van der Waals surface area contributed by atoms with Crippen molar-refractivity contribution < 1.29 is 24.3 Å². The molecular weight excluding hydrogens is 346 g/mol. The van der Waals surface area contributed by atoms with Crippen molar-refractivity contribution in [2.75, 3.05) is 14.2 Å². The standard InChI is InChI=1S/C21H27NO5/c1-4-5-6-7-8-9-10-15(22-25)14-13-16(23)19-17(26-2)11-12-18(27-3)20(19)21(14)24/h11-13,25H,4-10H2,1-3H3/b22-15-. The summed E-state index contributed by atoms with van der Waals surface area (Å²) in [5.74, 6) is -0.136. The maximum Gasteiger partial charge on any atom is 0.199 e. The lowest BCUT2D eigenvalue weighted by molar-refractivity contribution is 0.0983. The number of unbranched alkanes of at least 4 members (excludes halogenated alkanes) is 5. The fourth-order valence-corrected chi connectivity index (χ4v) is 3.30. The number of carbonyl (C=O) groups is 2. The van der Waals surface area contributed by atoms with Crippen LogP contribution >= 0.6 is 0 Å². The molecule has 0 aliphatic heterocycles. The average molecular weight is 373 g/mol. The number of Topliss-reactive ketones (excluding diaryl/α,β-unsaturated/α-hetero) is 1. The second-order valence-corrected chi connectivity index (χ2v) is 6.54. The van der Waals surface area contributed by atoms with E-state index in [9.17, 15) is 14.8 Å². The quantitative estimate of drug-likeness (QED) is 0.281. The lowest BCUT2D eigenvalue weighted by Gasteiger charge is -2.20. The van der Waals surface area contributed by atoms with E-state index in [2.05, 4.69) is 12.1 Å². The van der Waals surface area contributed by atoms with Crippen LogP contribution in [0.3, 0.4) is 0 Å². The zero-order valence-corrected chi connectivity index (χ0v) is 16.2. The molecule has 0 fully saturated rings. The second-order valence-electron chi connectivity index (χ2n) is 6.54. The smallest absolute Gasteiger partial charge is 0.199 e. The number of hydrogen-bond donors (Lipinski definition) is 1. The third-order valence-corrected chi connectivity index (χ3v) is 4.76. The van der Waals surface area contributed by atoms with Crippen molar-refractivity contribution in [3.8, 4) is 11.5 Å². The van der Waals surface area contributed by atoms with Gasteiger partial charge in [-0.25, -0.2) is 0 Å². The molecule has 6 nitrogen and oxygen atoms in total. The highest BCUT2D eigenvalue weighted by Crippen LogP contribution is 2.36. The lowest BCUT2D eigenvalue weighted by atomic mass is 9.85. The molecule has 0 saturated carbocycles. The Morgan fingerprint density at radius 2 is 1.56 bits per heavy atom. The molecule has 0 spiro atoms. The minimum Gasteiger partial charge on any atom is -0.496 e. The van der Waals surface area contributed by atoms with Gasteiger partial charge in [-0.1, -0.05) is 44.2 Å². The number of rotatable bonds is 10.